The van der Waals surface area contributed by atoms with Gasteiger partial charge in [0.05, 0.1) is 12.5 Å². The van der Waals surface area contributed by atoms with Crippen LogP contribution in [0.4, 0.5) is 0 Å². The molecule has 0 aromatic carbocycles. The predicted octanol–water partition coefficient (Wildman–Crippen LogP) is -0.0852. The second kappa shape index (κ2) is 6.24. The van der Waals surface area contributed by atoms with Crippen LogP contribution in [0.5, 0.6) is 0 Å². The number of carbonyl (C=O) groups is 2. The summed E-state index contributed by atoms with van der Waals surface area (Å²) in [6, 6.07) is 1.97. The fourth-order valence-corrected chi connectivity index (χ4v) is 2.32. The molecule has 94 valence electrons. The van der Waals surface area contributed by atoms with Crippen LogP contribution < -0.4 is 5.11 Å². The Morgan fingerprint density at radius 1 is 1.35 bits per heavy atom. The van der Waals surface area contributed by atoms with E-state index in [4.69, 9.17) is 5.26 Å². The molecule has 1 aliphatic carbocycles. The standard InChI is InChI=1S/C12H18N2O3/c1-14(8-4-7-13)11(15)9-5-2-3-6-10(9)12(16)17/h9-10H,2-6,8H2,1H3,(H,16,17)/p-1/t9-,10+/m0/s1. The highest BCUT2D eigenvalue weighted by Crippen LogP contribution is 2.30. The highest BCUT2D eigenvalue weighted by molar-refractivity contribution is 5.84. The van der Waals surface area contributed by atoms with Crippen molar-refractivity contribution in [3.05, 3.63) is 0 Å². The summed E-state index contributed by atoms with van der Waals surface area (Å²) in [7, 11) is 1.61. The first kappa shape index (κ1) is 13.5. The van der Waals surface area contributed by atoms with Crippen molar-refractivity contribution in [1.82, 2.24) is 4.90 Å². The summed E-state index contributed by atoms with van der Waals surface area (Å²) in [6.07, 6.45) is 3.11. The molecule has 0 aromatic rings. The van der Waals surface area contributed by atoms with Crippen molar-refractivity contribution < 1.29 is 14.7 Å². The van der Waals surface area contributed by atoms with Crippen LogP contribution in [0.2, 0.25) is 0 Å². The number of amides is 1. The van der Waals surface area contributed by atoms with Gasteiger partial charge in [0.2, 0.25) is 5.91 Å². The third-order valence-electron chi connectivity index (χ3n) is 3.32. The van der Waals surface area contributed by atoms with Crippen molar-refractivity contribution in [1.29, 1.82) is 5.26 Å². The van der Waals surface area contributed by atoms with Crippen molar-refractivity contribution in [2.24, 2.45) is 11.8 Å². The Bertz CT molecular complexity index is 335. The maximum Gasteiger partial charge on any atom is 0.226 e. The first-order valence-corrected chi connectivity index (χ1v) is 5.90. The number of hydrogen-bond acceptors (Lipinski definition) is 4. The zero-order valence-corrected chi connectivity index (χ0v) is 10.0. The van der Waals surface area contributed by atoms with E-state index in [0.29, 0.717) is 19.4 Å². The van der Waals surface area contributed by atoms with Gasteiger partial charge in [-0.15, -0.1) is 0 Å². The van der Waals surface area contributed by atoms with E-state index in [1.807, 2.05) is 6.07 Å². The molecule has 0 heterocycles. The Labute approximate surface area is 101 Å². The number of nitrogens with zero attached hydrogens (tertiary/aromatic N) is 2. The number of carboxylic acids is 1. The van der Waals surface area contributed by atoms with Crippen LogP contribution in [0.1, 0.15) is 32.1 Å². The third kappa shape index (κ3) is 3.45. The van der Waals surface area contributed by atoms with E-state index in [-0.39, 0.29) is 12.3 Å². The van der Waals surface area contributed by atoms with Gasteiger partial charge in [-0.25, -0.2) is 0 Å². The molecule has 0 bridgehead atoms. The number of carboxylic acid groups (broad SMARTS) is 1. The van der Waals surface area contributed by atoms with Crippen molar-refractivity contribution in [3.8, 4) is 6.07 Å². The van der Waals surface area contributed by atoms with E-state index >= 15 is 0 Å². The largest absolute Gasteiger partial charge is 0.550 e. The van der Waals surface area contributed by atoms with E-state index in [1.54, 1.807) is 7.05 Å². The molecule has 0 N–H and O–H groups in total. The summed E-state index contributed by atoms with van der Waals surface area (Å²) >= 11 is 0. The van der Waals surface area contributed by atoms with Gasteiger partial charge in [0, 0.05) is 31.4 Å². The molecule has 1 fully saturated rings. The minimum Gasteiger partial charge on any atom is -0.550 e. The SMILES string of the molecule is CN(CCC#N)C(=O)[C@H]1CCCC[C@H]1C(=O)[O-]. The Hall–Kier alpha value is -1.57. The first-order valence-electron chi connectivity index (χ1n) is 5.90. The van der Waals surface area contributed by atoms with Gasteiger partial charge in [-0.3, -0.25) is 4.79 Å². The molecule has 0 saturated heterocycles. The molecule has 5 nitrogen and oxygen atoms in total. The normalized spacial score (nSPS) is 23.8. The molecule has 2 atom stereocenters. The average molecular weight is 237 g/mol. The van der Waals surface area contributed by atoms with Crippen LogP contribution in [0.25, 0.3) is 0 Å². The lowest BCUT2D eigenvalue weighted by molar-refractivity contribution is -0.314. The second-order valence-electron chi connectivity index (χ2n) is 4.48. The van der Waals surface area contributed by atoms with Crippen LogP contribution in [0, 0.1) is 23.2 Å². The molecular formula is C12H17N2O3-. The fourth-order valence-electron chi connectivity index (χ4n) is 2.32. The van der Waals surface area contributed by atoms with Crippen LogP contribution in [-0.4, -0.2) is 30.4 Å². The molecule has 0 aliphatic heterocycles. The zero-order valence-electron chi connectivity index (χ0n) is 10.0. The lowest BCUT2D eigenvalue weighted by Crippen LogP contribution is -2.45. The molecule has 1 saturated carbocycles. The lowest BCUT2D eigenvalue weighted by Gasteiger charge is -2.33. The summed E-state index contributed by atoms with van der Waals surface area (Å²) in [4.78, 5) is 24.5. The summed E-state index contributed by atoms with van der Waals surface area (Å²) in [5.41, 5.74) is 0. The molecule has 17 heavy (non-hydrogen) atoms. The van der Waals surface area contributed by atoms with Gasteiger partial charge in [-0.2, -0.15) is 5.26 Å². The Morgan fingerprint density at radius 2 is 1.94 bits per heavy atom. The second-order valence-corrected chi connectivity index (χ2v) is 4.48. The van der Waals surface area contributed by atoms with Gasteiger partial charge < -0.3 is 14.8 Å². The van der Waals surface area contributed by atoms with Gasteiger partial charge >= 0.3 is 0 Å². The number of nitriles is 1. The zero-order chi connectivity index (χ0) is 12.8. The third-order valence-corrected chi connectivity index (χ3v) is 3.32. The highest BCUT2D eigenvalue weighted by Gasteiger charge is 2.33. The summed E-state index contributed by atoms with van der Waals surface area (Å²) < 4.78 is 0. The summed E-state index contributed by atoms with van der Waals surface area (Å²) in [5.74, 6) is -2.44. The smallest absolute Gasteiger partial charge is 0.226 e. The minimum absolute atomic E-state index is 0.172. The number of hydrogen-bond donors (Lipinski definition) is 0. The van der Waals surface area contributed by atoms with E-state index in [2.05, 4.69) is 0 Å². The molecular weight excluding hydrogens is 220 g/mol. The summed E-state index contributed by atoms with van der Waals surface area (Å²) in [6.45, 7) is 0.353. The maximum atomic E-state index is 12.0. The first-order chi connectivity index (χ1) is 8.07. The molecule has 1 rings (SSSR count). The molecule has 0 radical (unpaired) electrons. The molecule has 1 aliphatic rings. The van der Waals surface area contributed by atoms with E-state index in [9.17, 15) is 14.7 Å². The van der Waals surface area contributed by atoms with E-state index in [0.717, 1.165) is 12.8 Å². The molecule has 1 amide bonds. The molecule has 0 aromatic heterocycles. The Kier molecular flexibility index (Phi) is 4.95. The lowest BCUT2D eigenvalue weighted by atomic mass is 9.78. The van der Waals surface area contributed by atoms with Gasteiger partial charge in [0.15, 0.2) is 0 Å². The van der Waals surface area contributed by atoms with Crippen molar-refractivity contribution in [2.45, 2.75) is 32.1 Å². The topological polar surface area (TPSA) is 84.2 Å². The van der Waals surface area contributed by atoms with Crippen LogP contribution in [0.3, 0.4) is 0 Å². The van der Waals surface area contributed by atoms with Crippen LogP contribution >= 0.6 is 0 Å². The maximum absolute atomic E-state index is 12.0. The molecule has 0 spiro atoms. The minimum atomic E-state index is -1.13. The quantitative estimate of drug-likeness (QED) is 0.684. The number of rotatable bonds is 4. The van der Waals surface area contributed by atoms with Crippen molar-refractivity contribution >= 4 is 11.9 Å². The van der Waals surface area contributed by atoms with Gasteiger partial charge in [-0.1, -0.05) is 12.8 Å². The predicted molar refractivity (Wildman–Crippen MR) is 58.3 cm³/mol. The van der Waals surface area contributed by atoms with Crippen LogP contribution in [-0.2, 0) is 9.59 Å². The van der Waals surface area contributed by atoms with Crippen LogP contribution in [0.15, 0.2) is 0 Å². The van der Waals surface area contributed by atoms with Gasteiger partial charge in [0.25, 0.3) is 0 Å². The van der Waals surface area contributed by atoms with Gasteiger partial charge in [0.1, 0.15) is 0 Å². The monoisotopic (exact) mass is 237 g/mol. The molecule has 0 unspecified atom stereocenters. The van der Waals surface area contributed by atoms with Crippen molar-refractivity contribution in [3.63, 3.8) is 0 Å². The number of carbonyl (C=O) groups excluding carboxylic acids is 2. The number of aliphatic carboxylic acids is 1. The summed E-state index contributed by atoms with van der Waals surface area (Å²) in [5, 5.41) is 19.4. The Balaban J connectivity index is 2.65. The van der Waals surface area contributed by atoms with Crippen molar-refractivity contribution in [2.75, 3.05) is 13.6 Å². The van der Waals surface area contributed by atoms with E-state index in [1.165, 1.54) is 4.90 Å². The van der Waals surface area contributed by atoms with E-state index < -0.39 is 17.8 Å². The average Bonchev–Trinajstić information content (AvgIpc) is 2.34. The van der Waals surface area contributed by atoms with Gasteiger partial charge in [-0.05, 0) is 12.8 Å². The Morgan fingerprint density at radius 3 is 2.47 bits per heavy atom. The highest BCUT2D eigenvalue weighted by atomic mass is 16.4. The molecule has 5 heteroatoms. The fraction of sp³-hybridized carbons (Fsp3) is 0.750.